The highest BCUT2D eigenvalue weighted by atomic mass is 16.4. The molecule has 2 unspecified atom stereocenters. The Kier molecular flexibility index (Phi) is 1.26. The Balaban J connectivity index is 2.27. The van der Waals surface area contributed by atoms with Gasteiger partial charge in [0.05, 0.1) is 0 Å². The monoisotopic (exact) mass is 169 g/mol. The molecule has 2 atom stereocenters. The van der Waals surface area contributed by atoms with Gasteiger partial charge in [-0.15, -0.1) is 0 Å². The maximum Gasteiger partial charge on any atom is 0.329 e. The lowest BCUT2D eigenvalue weighted by molar-refractivity contribution is -0.150. The van der Waals surface area contributed by atoms with Gasteiger partial charge in [0.2, 0.25) is 5.91 Å². The number of hydrogen-bond acceptors (Lipinski definition) is 2. The van der Waals surface area contributed by atoms with E-state index in [0.29, 0.717) is 13.0 Å². The number of rotatable bonds is 1. The lowest BCUT2D eigenvalue weighted by Crippen LogP contribution is -2.44. The number of nitrogens with zero attached hydrogens (tertiary/aromatic N) is 1. The van der Waals surface area contributed by atoms with Crippen LogP contribution in [0.5, 0.6) is 0 Å². The number of carbonyl (C=O) groups is 2. The fraction of sp³-hybridized carbons (Fsp3) is 0.750. The van der Waals surface area contributed by atoms with Gasteiger partial charge < -0.3 is 10.0 Å². The number of likely N-dealkylation sites (tertiary alicyclic amines) is 1. The largest absolute Gasteiger partial charge is 0.479 e. The van der Waals surface area contributed by atoms with Gasteiger partial charge in [-0.2, -0.15) is 0 Å². The van der Waals surface area contributed by atoms with E-state index in [-0.39, 0.29) is 11.8 Å². The SMILES string of the molecule is CC(=O)N1CCC2CC21C(=O)O. The van der Waals surface area contributed by atoms with Gasteiger partial charge >= 0.3 is 5.97 Å². The van der Waals surface area contributed by atoms with Crippen LogP contribution < -0.4 is 0 Å². The minimum atomic E-state index is -0.833. The zero-order chi connectivity index (χ0) is 8.93. The van der Waals surface area contributed by atoms with Crippen molar-refractivity contribution >= 4 is 11.9 Å². The summed E-state index contributed by atoms with van der Waals surface area (Å²) in [6.07, 6.45) is 1.51. The summed E-state index contributed by atoms with van der Waals surface area (Å²) < 4.78 is 0. The second-order valence-electron chi connectivity index (χ2n) is 3.59. The summed E-state index contributed by atoms with van der Waals surface area (Å²) in [5, 5.41) is 8.94. The Hall–Kier alpha value is -1.06. The molecule has 0 aromatic heterocycles. The van der Waals surface area contributed by atoms with Gasteiger partial charge in [-0.25, -0.2) is 4.79 Å². The number of carbonyl (C=O) groups excluding carboxylic acids is 1. The summed E-state index contributed by atoms with van der Waals surface area (Å²) in [7, 11) is 0. The third-order valence-corrected chi connectivity index (χ3v) is 3.01. The molecule has 4 heteroatoms. The lowest BCUT2D eigenvalue weighted by atomic mass is 10.2. The average molecular weight is 169 g/mol. The third-order valence-electron chi connectivity index (χ3n) is 3.01. The molecular formula is C8H11NO3. The molecule has 1 saturated heterocycles. The summed E-state index contributed by atoms with van der Waals surface area (Å²) in [5.41, 5.74) is -0.800. The predicted octanol–water partition coefficient (Wildman–Crippen LogP) is 0.0819. The van der Waals surface area contributed by atoms with Crippen molar-refractivity contribution in [3.63, 3.8) is 0 Å². The second-order valence-corrected chi connectivity index (χ2v) is 3.59. The predicted molar refractivity (Wildman–Crippen MR) is 40.5 cm³/mol. The van der Waals surface area contributed by atoms with Crippen LogP contribution in [0.3, 0.4) is 0 Å². The van der Waals surface area contributed by atoms with Gasteiger partial charge in [-0.05, 0) is 18.8 Å². The van der Waals surface area contributed by atoms with E-state index in [9.17, 15) is 9.59 Å². The first kappa shape index (κ1) is 7.58. The third kappa shape index (κ3) is 0.673. The minimum Gasteiger partial charge on any atom is -0.479 e. The Morgan fingerprint density at radius 3 is 2.58 bits per heavy atom. The molecule has 2 fully saturated rings. The number of carboxylic acids is 1. The fourth-order valence-corrected chi connectivity index (χ4v) is 2.29. The van der Waals surface area contributed by atoms with Crippen LogP contribution in [0.2, 0.25) is 0 Å². The van der Waals surface area contributed by atoms with Crippen LogP contribution in [0.4, 0.5) is 0 Å². The number of piperidine rings is 1. The number of amides is 1. The van der Waals surface area contributed by atoms with E-state index in [1.54, 1.807) is 0 Å². The van der Waals surface area contributed by atoms with Crippen molar-refractivity contribution in [1.82, 2.24) is 4.90 Å². The highest BCUT2D eigenvalue weighted by Gasteiger charge is 2.68. The molecule has 2 rings (SSSR count). The highest BCUT2D eigenvalue weighted by molar-refractivity contribution is 5.90. The van der Waals surface area contributed by atoms with Crippen molar-refractivity contribution in [3.8, 4) is 0 Å². The van der Waals surface area contributed by atoms with Crippen molar-refractivity contribution in [3.05, 3.63) is 0 Å². The van der Waals surface area contributed by atoms with Crippen molar-refractivity contribution < 1.29 is 14.7 Å². The lowest BCUT2D eigenvalue weighted by Gasteiger charge is -2.23. The first-order valence-corrected chi connectivity index (χ1v) is 4.10. The Bertz CT molecular complexity index is 263. The van der Waals surface area contributed by atoms with Crippen molar-refractivity contribution in [2.75, 3.05) is 6.54 Å². The molecule has 1 aliphatic carbocycles. The van der Waals surface area contributed by atoms with Crippen LogP contribution in [-0.2, 0) is 9.59 Å². The van der Waals surface area contributed by atoms with Crippen molar-refractivity contribution in [2.24, 2.45) is 5.92 Å². The topological polar surface area (TPSA) is 57.6 Å². The maximum absolute atomic E-state index is 11.1. The highest BCUT2D eigenvalue weighted by Crippen LogP contribution is 2.55. The van der Waals surface area contributed by atoms with Crippen LogP contribution in [0.1, 0.15) is 19.8 Å². The van der Waals surface area contributed by atoms with E-state index in [4.69, 9.17) is 5.11 Å². The standard InChI is InChI=1S/C8H11NO3/c1-5(10)9-3-2-6-4-8(6,9)7(11)12/h6H,2-4H2,1H3,(H,11,12). The zero-order valence-electron chi connectivity index (χ0n) is 6.91. The van der Waals surface area contributed by atoms with E-state index in [1.807, 2.05) is 0 Å². The Morgan fingerprint density at radius 1 is 1.58 bits per heavy atom. The molecule has 0 aromatic rings. The molecule has 1 amide bonds. The van der Waals surface area contributed by atoms with Gasteiger partial charge in [0.15, 0.2) is 0 Å². The van der Waals surface area contributed by atoms with Crippen molar-refractivity contribution in [2.45, 2.75) is 25.3 Å². The Morgan fingerprint density at radius 2 is 2.25 bits per heavy atom. The van der Waals surface area contributed by atoms with E-state index in [0.717, 1.165) is 6.42 Å². The van der Waals surface area contributed by atoms with E-state index < -0.39 is 11.5 Å². The molecule has 0 bridgehead atoms. The summed E-state index contributed by atoms with van der Waals surface area (Å²) in [5.74, 6) is -0.725. The van der Waals surface area contributed by atoms with E-state index >= 15 is 0 Å². The molecule has 4 nitrogen and oxygen atoms in total. The second kappa shape index (κ2) is 2.00. The molecule has 12 heavy (non-hydrogen) atoms. The van der Waals surface area contributed by atoms with Gasteiger partial charge in [0, 0.05) is 13.5 Å². The van der Waals surface area contributed by atoms with Crippen LogP contribution in [-0.4, -0.2) is 34.0 Å². The minimum absolute atomic E-state index is 0.114. The molecular weight excluding hydrogens is 158 g/mol. The van der Waals surface area contributed by atoms with Gasteiger partial charge in [0.25, 0.3) is 0 Å². The summed E-state index contributed by atoms with van der Waals surface area (Å²) in [4.78, 5) is 23.4. The van der Waals surface area contributed by atoms with Crippen molar-refractivity contribution in [1.29, 1.82) is 0 Å². The number of aliphatic carboxylic acids is 1. The Labute approximate surface area is 70.2 Å². The molecule has 1 aliphatic heterocycles. The normalized spacial score (nSPS) is 37.8. The van der Waals surface area contributed by atoms with Crippen LogP contribution in [0.25, 0.3) is 0 Å². The quantitative estimate of drug-likeness (QED) is 0.604. The average Bonchev–Trinajstić information content (AvgIpc) is 2.58. The smallest absolute Gasteiger partial charge is 0.329 e. The maximum atomic E-state index is 11.1. The van der Waals surface area contributed by atoms with Gasteiger partial charge in [-0.3, -0.25) is 4.79 Å². The molecule has 0 radical (unpaired) electrons. The van der Waals surface area contributed by atoms with Crippen LogP contribution in [0.15, 0.2) is 0 Å². The molecule has 1 heterocycles. The molecule has 66 valence electrons. The fourth-order valence-electron chi connectivity index (χ4n) is 2.29. The van der Waals surface area contributed by atoms with E-state index in [1.165, 1.54) is 11.8 Å². The zero-order valence-corrected chi connectivity index (χ0v) is 6.91. The summed E-state index contributed by atoms with van der Waals surface area (Å²) >= 11 is 0. The van der Waals surface area contributed by atoms with Gasteiger partial charge in [-0.1, -0.05) is 0 Å². The molecule has 1 saturated carbocycles. The summed E-state index contributed by atoms with van der Waals surface area (Å²) in [6, 6.07) is 0. The van der Waals surface area contributed by atoms with E-state index in [2.05, 4.69) is 0 Å². The first-order valence-electron chi connectivity index (χ1n) is 4.10. The molecule has 0 spiro atoms. The first-order chi connectivity index (χ1) is 5.59. The van der Waals surface area contributed by atoms with Crippen LogP contribution >= 0.6 is 0 Å². The summed E-state index contributed by atoms with van der Waals surface area (Å²) in [6.45, 7) is 2.05. The molecule has 2 aliphatic rings. The van der Waals surface area contributed by atoms with Crippen LogP contribution in [0, 0.1) is 5.92 Å². The molecule has 0 aromatic carbocycles. The molecule has 1 N–H and O–H groups in total. The van der Waals surface area contributed by atoms with Gasteiger partial charge in [0.1, 0.15) is 5.54 Å². The number of fused-ring (bicyclic) bond motifs is 1. The number of hydrogen-bond donors (Lipinski definition) is 1. The number of carboxylic acid groups (broad SMARTS) is 1.